The van der Waals surface area contributed by atoms with Crippen molar-refractivity contribution in [3.05, 3.63) is 41.2 Å². The third kappa shape index (κ3) is 4.78. The van der Waals surface area contributed by atoms with Crippen LogP contribution in [0, 0.1) is 0 Å². The van der Waals surface area contributed by atoms with Crippen LogP contribution in [0.1, 0.15) is 18.4 Å². The Morgan fingerprint density at radius 3 is 2.58 bits per heavy atom. The molecule has 6 heteroatoms. The maximum Gasteiger partial charge on any atom is 1.00 e. The van der Waals surface area contributed by atoms with E-state index in [4.69, 9.17) is 0 Å². The van der Waals surface area contributed by atoms with Crippen molar-refractivity contribution < 1.29 is 43.9 Å². The molecule has 3 amide bonds. The van der Waals surface area contributed by atoms with Gasteiger partial charge in [-0.15, -0.1) is 0 Å². The number of carbonyl (C=O) groups excluding carboxylic acids is 3. The Bertz CT molecular complexity index is 476. The van der Waals surface area contributed by atoms with Gasteiger partial charge in [0.1, 0.15) is 0 Å². The van der Waals surface area contributed by atoms with Gasteiger partial charge in [0.15, 0.2) is 0 Å². The van der Waals surface area contributed by atoms with E-state index in [1.165, 1.54) is 0 Å². The van der Waals surface area contributed by atoms with Crippen molar-refractivity contribution in [1.29, 1.82) is 0 Å². The summed E-state index contributed by atoms with van der Waals surface area (Å²) in [7, 11) is 0. The van der Waals surface area contributed by atoms with Crippen LogP contribution in [0.2, 0.25) is 0 Å². The van der Waals surface area contributed by atoms with E-state index in [0.717, 1.165) is 5.56 Å². The molecule has 1 aromatic carbocycles. The monoisotopic (exact) mass is 268 g/mol. The first-order valence-corrected chi connectivity index (χ1v) is 5.77. The second kappa shape index (κ2) is 7.43. The average Bonchev–Trinajstić information content (AvgIpc) is 2.34. The summed E-state index contributed by atoms with van der Waals surface area (Å²) >= 11 is 0. The van der Waals surface area contributed by atoms with Crippen LogP contribution in [0.25, 0.3) is 5.32 Å². The molecule has 2 rings (SSSR count). The fraction of sp³-hybridized carbons (Fsp3) is 0.308. The van der Waals surface area contributed by atoms with Gasteiger partial charge in [-0.2, -0.15) is 0 Å². The molecule has 0 radical (unpaired) electrons. The standard InChI is InChI=1S/C13H14N2O3.Na/c16-11-7-6-10(13(18)15-11)14-12(17)8-9-4-2-1-3-5-9;/h1-5,10H,6-8H2,(H2,14,15,16,17,18);/q;+1/p-1. The molecule has 1 fully saturated rings. The first kappa shape index (κ1) is 15.9. The molecule has 1 unspecified atom stereocenters. The first-order valence-electron chi connectivity index (χ1n) is 5.77. The van der Waals surface area contributed by atoms with Gasteiger partial charge in [0.05, 0.1) is 24.3 Å². The van der Waals surface area contributed by atoms with Crippen LogP contribution in [-0.2, 0) is 20.8 Å². The second-order valence-corrected chi connectivity index (χ2v) is 4.16. The maximum absolute atomic E-state index is 11.7. The molecular weight excluding hydrogens is 255 g/mol. The molecule has 0 aromatic heterocycles. The fourth-order valence-corrected chi connectivity index (χ4v) is 1.81. The molecule has 1 atom stereocenters. The molecule has 1 N–H and O–H groups in total. The van der Waals surface area contributed by atoms with Gasteiger partial charge >= 0.3 is 29.6 Å². The summed E-state index contributed by atoms with van der Waals surface area (Å²) in [6.45, 7) is 0. The van der Waals surface area contributed by atoms with Gasteiger partial charge in [0.2, 0.25) is 5.91 Å². The predicted molar refractivity (Wildman–Crippen MR) is 64.7 cm³/mol. The number of benzene rings is 1. The van der Waals surface area contributed by atoms with E-state index in [-0.39, 0.29) is 48.3 Å². The fourth-order valence-electron chi connectivity index (χ4n) is 1.81. The first-order chi connectivity index (χ1) is 8.65. The Balaban J connectivity index is 0.00000180. The van der Waals surface area contributed by atoms with Gasteiger partial charge < -0.3 is 20.2 Å². The second-order valence-electron chi connectivity index (χ2n) is 4.16. The number of hydrogen-bond donors (Lipinski definition) is 1. The van der Waals surface area contributed by atoms with Crippen LogP contribution in [0.4, 0.5) is 0 Å². The van der Waals surface area contributed by atoms with Gasteiger partial charge in [-0.05, 0) is 18.4 Å². The number of imide groups is 1. The number of nitrogens with one attached hydrogen (secondary N) is 1. The van der Waals surface area contributed by atoms with Crippen LogP contribution in [0.3, 0.4) is 0 Å². The Morgan fingerprint density at radius 1 is 1.26 bits per heavy atom. The summed E-state index contributed by atoms with van der Waals surface area (Å²) in [5.74, 6) is -1.19. The Hall–Kier alpha value is -1.17. The molecule has 5 nitrogen and oxygen atoms in total. The Morgan fingerprint density at radius 2 is 1.95 bits per heavy atom. The minimum atomic E-state index is -0.654. The molecule has 0 saturated carbocycles. The number of nitrogens with zero attached hydrogens (tertiary/aromatic N) is 1. The van der Waals surface area contributed by atoms with Crippen molar-refractivity contribution in [3.8, 4) is 0 Å². The van der Waals surface area contributed by atoms with E-state index in [0.29, 0.717) is 6.42 Å². The smallest absolute Gasteiger partial charge is 0.594 e. The van der Waals surface area contributed by atoms with Crippen LogP contribution >= 0.6 is 0 Å². The number of carbonyl (C=O) groups is 3. The number of piperidine rings is 1. The summed E-state index contributed by atoms with van der Waals surface area (Å²) in [6.07, 6.45) is 0.766. The third-order valence-electron chi connectivity index (χ3n) is 2.72. The van der Waals surface area contributed by atoms with Crippen molar-refractivity contribution in [2.24, 2.45) is 0 Å². The SMILES string of the molecule is O=C1CCC(NC(=O)Cc2ccccc2)C(=O)[N-]1.[Na+]. The van der Waals surface area contributed by atoms with E-state index in [1.807, 2.05) is 30.3 Å². The van der Waals surface area contributed by atoms with Gasteiger partial charge in [-0.1, -0.05) is 30.3 Å². The molecule has 0 bridgehead atoms. The van der Waals surface area contributed by atoms with Crippen LogP contribution in [0.15, 0.2) is 30.3 Å². The molecule has 0 aliphatic carbocycles. The molecular formula is C13H13N2NaO3. The van der Waals surface area contributed by atoms with Gasteiger partial charge in [0, 0.05) is 0 Å². The number of rotatable bonds is 3. The Labute approximate surface area is 133 Å². The Kier molecular flexibility index (Phi) is 6.21. The van der Waals surface area contributed by atoms with E-state index in [2.05, 4.69) is 10.6 Å². The van der Waals surface area contributed by atoms with Gasteiger partial charge in [0.25, 0.3) is 0 Å². The van der Waals surface area contributed by atoms with Crippen molar-refractivity contribution in [1.82, 2.24) is 5.32 Å². The normalized spacial score (nSPS) is 18.2. The number of hydrogen-bond acceptors (Lipinski definition) is 3. The summed E-state index contributed by atoms with van der Waals surface area (Å²) in [4.78, 5) is 34.0. The third-order valence-corrected chi connectivity index (χ3v) is 2.72. The largest absolute Gasteiger partial charge is 1.00 e. The molecule has 0 spiro atoms. The number of amides is 3. The van der Waals surface area contributed by atoms with Crippen molar-refractivity contribution >= 4 is 17.7 Å². The predicted octanol–water partition coefficient (Wildman–Crippen LogP) is -2.06. The molecule has 1 heterocycles. The average molecular weight is 268 g/mol. The summed E-state index contributed by atoms with van der Waals surface area (Å²) in [5.41, 5.74) is 0.881. The van der Waals surface area contributed by atoms with Crippen molar-refractivity contribution in [2.45, 2.75) is 25.3 Å². The molecule has 1 aliphatic heterocycles. The van der Waals surface area contributed by atoms with E-state index in [9.17, 15) is 14.4 Å². The molecule has 94 valence electrons. The minimum Gasteiger partial charge on any atom is -0.594 e. The maximum atomic E-state index is 11.7. The zero-order valence-electron chi connectivity index (χ0n) is 10.8. The molecule has 1 aliphatic rings. The quantitative estimate of drug-likeness (QED) is 0.506. The molecule has 1 aromatic rings. The van der Waals surface area contributed by atoms with Gasteiger partial charge in [-0.3, -0.25) is 4.79 Å². The van der Waals surface area contributed by atoms with Crippen LogP contribution in [0.5, 0.6) is 0 Å². The summed E-state index contributed by atoms with van der Waals surface area (Å²) < 4.78 is 0. The summed E-state index contributed by atoms with van der Waals surface area (Å²) in [6, 6.07) is 8.60. The minimum absolute atomic E-state index is 0. The van der Waals surface area contributed by atoms with E-state index < -0.39 is 17.9 Å². The van der Waals surface area contributed by atoms with Crippen LogP contribution in [-0.4, -0.2) is 23.8 Å². The van der Waals surface area contributed by atoms with E-state index >= 15 is 0 Å². The topological polar surface area (TPSA) is 77.3 Å². The van der Waals surface area contributed by atoms with Gasteiger partial charge in [-0.25, -0.2) is 0 Å². The summed E-state index contributed by atoms with van der Waals surface area (Å²) in [5, 5.41) is 5.93. The van der Waals surface area contributed by atoms with Crippen LogP contribution < -0.4 is 34.9 Å². The molecule has 1 saturated heterocycles. The zero-order valence-corrected chi connectivity index (χ0v) is 12.8. The molecule has 19 heavy (non-hydrogen) atoms. The van der Waals surface area contributed by atoms with Crippen molar-refractivity contribution in [3.63, 3.8) is 0 Å². The zero-order chi connectivity index (χ0) is 13.0. The van der Waals surface area contributed by atoms with E-state index in [1.54, 1.807) is 0 Å². The van der Waals surface area contributed by atoms with Crippen molar-refractivity contribution in [2.75, 3.05) is 0 Å².